The van der Waals surface area contributed by atoms with E-state index in [-0.39, 0.29) is 11.3 Å². The highest BCUT2D eigenvalue weighted by Crippen LogP contribution is 2.43. The highest BCUT2D eigenvalue weighted by molar-refractivity contribution is 9.10. The van der Waals surface area contributed by atoms with Gasteiger partial charge in [0.2, 0.25) is 5.91 Å². The summed E-state index contributed by atoms with van der Waals surface area (Å²) in [4.78, 5) is 27.6. The smallest absolute Gasteiger partial charge is 0.430 e. The van der Waals surface area contributed by atoms with Crippen LogP contribution in [0.15, 0.2) is 53.0 Å². The molecule has 2 aromatic rings. The van der Waals surface area contributed by atoms with Gasteiger partial charge in [0.1, 0.15) is 23.8 Å². The van der Waals surface area contributed by atoms with Crippen molar-refractivity contribution >= 4 is 27.8 Å². The van der Waals surface area contributed by atoms with Crippen LogP contribution in [-0.4, -0.2) is 61.2 Å². The second-order valence-corrected chi connectivity index (χ2v) is 14.7. The zero-order chi connectivity index (χ0) is 32.4. The molecule has 45 heavy (non-hydrogen) atoms. The summed E-state index contributed by atoms with van der Waals surface area (Å²) in [6, 6.07) is 18.9. The summed E-state index contributed by atoms with van der Waals surface area (Å²) in [6.07, 6.45) is 3.64. The molecular formula is C35H46BrF3N3O3+. The van der Waals surface area contributed by atoms with E-state index >= 15 is 0 Å². The first-order valence-electron chi connectivity index (χ1n) is 16.5. The molecule has 6 rings (SSSR count). The molecule has 2 aromatic carbocycles. The first kappa shape index (κ1) is 33.9. The summed E-state index contributed by atoms with van der Waals surface area (Å²) in [5.74, 6) is -1.25. The SMILES string of the molecule is CC(C)[NH+]1Cc2cc(Br)ccc2[C@@]2(C[NH2+]C[C@H]2C(=O)N2CC[C@@H](c3ccccc3)C[C@H]2C2CCCCC2)C1.O=C([O-])C(F)(F)F. The molecule has 3 aliphatic heterocycles. The van der Waals surface area contributed by atoms with Crippen molar-refractivity contribution in [2.45, 2.75) is 94.9 Å². The van der Waals surface area contributed by atoms with Crippen molar-refractivity contribution in [1.29, 1.82) is 0 Å². The zero-order valence-electron chi connectivity index (χ0n) is 26.3. The number of rotatable bonds is 4. The average Bonchev–Trinajstić information content (AvgIpc) is 3.44. The number of alkyl halides is 3. The number of fused-ring (bicyclic) bond motifs is 2. The molecule has 0 radical (unpaired) electrons. The number of carboxylic acid groups (broad SMARTS) is 1. The molecule has 246 valence electrons. The number of quaternary nitrogens is 2. The highest BCUT2D eigenvalue weighted by atomic mass is 79.9. The molecule has 0 aromatic heterocycles. The van der Waals surface area contributed by atoms with Gasteiger partial charge in [-0.2, -0.15) is 13.2 Å². The van der Waals surface area contributed by atoms with E-state index in [9.17, 15) is 18.0 Å². The number of piperidine rings is 1. The fourth-order valence-corrected chi connectivity index (χ4v) is 8.99. The lowest BCUT2D eigenvalue weighted by molar-refractivity contribution is -0.942. The molecule has 3 fully saturated rings. The predicted molar refractivity (Wildman–Crippen MR) is 167 cm³/mol. The largest absolute Gasteiger partial charge is 0.542 e. The Morgan fingerprint density at radius 2 is 1.76 bits per heavy atom. The lowest BCUT2D eigenvalue weighted by Crippen LogP contribution is -3.16. The molecule has 6 nitrogen and oxygen atoms in total. The van der Waals surface area contributed by atoms with E-state index in [2.05, 4.69) is 88.5 Å². The van der Waals surface area contributed by atoms with Crippen LogP contribution in [0.5, 0.6) is 0 Å². The number of carboxylic acids is 1. The zero-order valence-corrected chi connectivity index (χ0v) is 27.8. The average molecular weight is 694 g/mol. The van der Waals surface area contributed by atoms with Gasteiger partial charge in [0, 0.05) is 22.6 Å². The molecule has 1 saturated carbocycles. The van der Waals surface area contributed by atoms with Crippen molar-refractivity contribution in [3.8, 4) is 0 Å². The van der Waals surface area contributed by atoms with Crippen LogP contribution < -0.4 is 15.3 Å². The number of hydrogen-bond donors (Lipinski definition) is 2. The minimum atomic E-state index is -5.19. The number of hydrogen-bond acceptors (Lipinski definition) is 3. The van der Waals surface area contributed by atoms with Gasteiger partial charge in [0.15, 0.2) is 0 Å². The van der Waals surface area contributed by atoms with Gasteiger partial charge in [-0.15, -0.1) is 0 Å². The van der Waals surface area contributed by atoms with E-state index in [1.807, 2.05) is 0 Å². The molecular weight excluding hydrogens is 647 g/mol. The number of nitrogens with one attached hydrogen (secondary N) is 1. The summed E-state index contributed by atoms with van der Waals surface area (Å²) >= 11 is 3.74. The molecule has 10 heteroatoms. The minimum absolute atomic E-state index is 0.0656. The lowest BCUT2D eigenvalue weighted by atomic mass is 9.67. The maximum Gasteiger partial charge on any atom is 0.430 e. The van der Waals surface area contributed by atoms with Crippen molar-refractivity contribution in [1.82, 2.24) is 4.90 Å². The Balaban J connectivity index is 0.000000515. The number of aliphatic carboxylic acids is 1. The summed E-state index contributed by atoms with van der Waals surface area (Å²) in [5, 5.41) is 11.2. The van der Waals surface area contributed by atoms with E-state index in [1.54, 1.807) is 4.90 Å². The van der Waals surface area contributed by atoms with Crippen LogP contribution in [0.2, 0.25) is 0 Å². The van der Waals surface area contributed by atoms with Crippen molar-refractivity contribution in [3.05, 3.63) is 69.7 Å². The van der Waals surface area contributed by atoms with E-state index < -0.39 is 12.1 Å². The fourth-order valence-electron chi connectivity index (χ4n) is 8.58. The summed E-state index contributed by atoms with van der Waals surface area (Å²) in [5.41, 5.74) is 4.28. The van der Waals surface area contributed by atoms with Crippen molar-refractivity contribution in [2.24, 2.45) is 11.8 Å². The van der Waals surface area contributed by atoms with Crippen molar-refractivity contribution in [2.75, 3.05) is 26.2 Å². The predicted octanol–water partition coefficient (Wildman–Crippen LogP) is 3.34. The molecule has 4 aliphatic rings. The molecule has 3 heterocycles. The van der Waals surface area contributed by atoms with Crippen LogP contribution in [0.4, 0.5) is 13.2 Å². The Kier molecular flexibility index (Phi) is 10.7. The standard InChI is InChI=1S/C33H44BrN3O.C2HF3O2/c1-23(2)36-20-27-17-28(34)13-14-29(27)33(22-36)21-35-19-30(33)32(38)37-16-15-26(24-9-5-3-6-10-24)18-31(37)25-11-7-4-8-12-25;3-2(4,5)1(6)7/h3,5-6,9-10,13-14,17,23,25-26,30-31,35H,4,7-8,11-12,15-16,18-22H2,1-2H3;(H,6,7)/p+1/t26-,30+,31+,33-;/m1./s1. The number of nitrogens with two attached hydrogens (primary N) is 1. The third-order valence-electron chi connectivity index (χ3n) is 10.9. The van der Waals surface area contributed by atoms with Gasteiger partial charge in [-0.05, 0) is 74.6 Å². The van der Waals surface area contributed by atoms with E-state index in [4.69, 9.17) is 9.90 Å². The van der Waals surface area contributed by atoms with Crippen molar-refractivity contribution in [3.63, 3.8) is 0 Å². The number of carbonyl (C=O) groups excluding carboxylic acids is 2. The minimum Gasteiger partial charge on any atom is -0.542 e. The van der Waals surface area contributed by atoms with Gasteiger partial charge in [-0.3, -0.25) is 4.79 Å². The maximum atomic E-state index is 14.8. The summed E-state index contributed by atoms with van der Waals surface area (Å²) < 4.78 is 32.7. The Labute approximate surface area is 272 Å². The second-order valence-electron chi connectivity index (χ2n) is 13.8. The van der Waals surface area contributed by atoms with Gasteiger partial charge < -0.3 is 25.0 Å². The Bertz CT molecular complexity index is 1330. The Morgan fingerprint density at radius 1 is 1.07 bits per heavy atom. The molecule has 1 amide bonds. The second kappa shape index (κ2) is 14.1. The highest BCUT2D eigenvalue weighted by Gasteiger charge is 2.58. The molecule has 1 spiro atoms. The van der Waals surface area contributed by atoms with Gasteiger partial charge in [0.05, 0.1) is 25.7 Å². The normalized spacial score (nSPS) is 28.8. The first-order valence-corrected chi connectivity index (χ1v) is 17.3. The van der Waals surface area contributed by atoms with Crippen LogP contribution in [0.25, 0.3) is 0 Å². The van der Waals surface area contributed by atoms with Crippen LogP contribution >= 0.6 is 15.9 Å². The molecule has 1 unspecified atom stereocenters. The first-order chi connectivity index (χ1) is 21.4. The monoisotopic (exact) mass is 692 g/mol. The number of nitrogens with zero attached hydrogens (tertiary/aromatic N) is 1. The molecule has 3 N–H and O–H groups in total. The van der Waals surface area contributed by atoms with Gasteiger partial charge in [-0.1, -0.05) is 71.6 Å². The number of carbonyl (C=O) groups is 2. The summed E-state index contributed by atoms with van der Waals surface area (Å²) in [6.45, 7) is 9.69. The topological polar surface area (TPSA) is 81.5 Å². The Hall–Kier alpha value is -2.43. The lowest BCUT2D eigenvalue weighted by Gasteiger charge is -2.48. The van der Waals surface area contributed by atoms with Gasteiger partial charge in [0.25, 0.3) is 0 Å². The quantitative estimate of drug-likeness (QED) is 0.516. The summed E-state index contributed by atoms with van der Waals surface area (Å²) in [7, 11) is 0. The van der Waals surface area contributed by atoms with Crippen molar-refractivity contribution < 1.29 is 38.1 Å². The van der Waals surface area contributed by atoms with E-state index in [0.717, 1.165) is 50.0 Å². The molecule has 2 saturated heterocycles. The number of halogens is 4. The van der Waals surface area contributed by atoms with Crippen LogP contribution in [-0.2, 0) is 21.5 Å². The Morgan fingerprint density at radius 3 is 2.40 bits per heavy atom. The van der Waals surface area contributed by atoms with E-state index in [1.165, 1.54) is 48.8 Å². The molecule has 0 bridgehead atoms. The molecule has 1 aliphatic carbocycles. The molecule has 5 atom stereocenters. The van der Waals surface area contributed by atoms with Crippen LogP contribution in [0.1, 0.15) is 81.4 Å². The van der Waals surface area contributed by atoms with Crippen LogP contribution in [0.3, 0.4) is 0 Å². The number of likely N-dealkylation sites (tertiary alicyclic amines) is 1. The fraction of sp³-hybridized carbons (Fsp3) is 0.600. The maximum absolute atomic E-state index is 14.8. The number of benzene rings is 2. The van der Waals surface area contributed by atoms with Gasteiger partial charge in [-0.25, -0.2) is 0 Å². The van der Waals surface area contributed by atoms with Crippen LogP contribution in [0, 0.1) is 11.8 Å². The van der Waals surface area contributed by atoms with Gasteiger partial charge >= 0.3 is 6.18 Å². The third-order valence-corrected chi connectivity index (χ3v) is 11.4. The van der Waals surface area contributed by atoms with E-state index in [0.29, 0.717) is 29.8 Å². The third kappa shape index (κ3) is 7.43. The number of amides is 1.